The van der Waals surface area contributed by atoms with Crippen LogP contribution in [0.4, 0.5) is 0 Å². The number of ether oxygens (including phenoxy) is 1. The molecule has 1 N–H and O–H groups in total. The van der Waals surface area contributed by atoms with Crippen LogP contribution < -0.4 is 0 Å². The zero-order valence-electron chi connectivity index (χ0n) is 12.4. The summed E-state index contributed by atoms with van der Waals surface area (Å²) in [5.74, 6) is 0. The monoisotopic (exact) mass is 321 g/mol. The van der Waals surface area contributed by atoms with Gasteiger partial charge in [-0.15, -0.1) is 0 Å². The van der Waals surface area contributed by atoms with Crippen molar-refractivity contribution in [2.45, 2.75) is 31.5 Å². The number of hydrogen-bond donors (Lipinski definition) is 1. The first kappa shape index (κ1) is 14.5. The molecule has 4 rings (SSSR count). The lowest BCUT2D eigenvalue weighted by Gasteiger charge is -2.28. The van der Waals surface area contributed by atoms with Crippen molar-refractivity contribution in [3.8, 4) is 0 Å². The highest BCUT2D eigenvalue weighted by atomic mass is 35.5. The van der Waals surface area contributed by atoms with Crippen LogP contribution >= 0.6 is 11.6 Å². The van der Waals surface area contributed by atoms with Crippen LogP contribution in [0.3, 0.4) is 0 Å². The van der Waals surface area contributed by atoms with Gasteiger partial charge in [0.1, 0.15) is 10.8 Å². The number of aromatic nitrogens is 2. The molecule has 2 fully saturated rings. The maximum atomic E-state index is 9.50. The van der Waals surface area contributed by atoms with Crippen LogP contribution in [0.2, 0.25) is 5.15 Å². The lowest BCUT2D eigenvalue weighted by atomic mass is 10.1. The Balaban J connectivity index is 1.69. The fourth-order valence-corrected chi connectivity index (χ4v) is 3.71. The van der Waals surface area contributed by atoms with E-state index < -0.39 is 0 Å². The van der Waals surface area contributed by atoms with Crippen LogP contribution in [0, 0.1) is 0 Å². The summed E-state index contributed by atoms with van der Waals surface area (Å²) in [6.07, 6.45) is 4.30. The molecular weight excluding hydrogens is 302 g/mol. The first-order valence-corrected chi connectivity index (χ1v) is 8.22. The van der Waals surface area contributed by atoms with Gasteiger partial charge in [-0.2, -0.15) is 0 Å². The summed E-state index contributed by atoms with van der Waals surface area (Å²) in [6, 6.07) is 4.71. The molecule has 4 heterocycles. The zero-order valence-corrected chi connectivity index (χ0v) is 13.2. The molecule has 0 saturated carbocycles. The van der Waals surface area contributed by atoms with Crippen LogP contribution in [0.25, 0.3) is 11.0 Å². The average molecular weight is 322 g/mol. The van der Waals surface area contributed by atoms with Crippen LogP contribution in [-0.2, 0) is 11.3 Å². The van der Waals surface area contributed by atoms with E-state index in [2.05, 4.69) is 26.7 Å². The zero-order chi connectivity index (χ0) is 15.1. The molecule has 0 aliphatic carbocycles. The molecule has 2 aromatic heterocycles. The molecular formula is C16H20ClN3O2. The molecule has 118 valence electrons. The molecule has 0 aromatic carbocycles. The predicted molar refractivity (Wildman–Crippen MR) is 85.1 cm³/mol. The minimum absolute atomic E-state index is 0.225. The maximum Gasteiger partial charge on any atom is 0.142 e. The van der Waals surface area contributed by atoms with Gasteiger partial charge in [-0.25, -0.2) is 4.98 Å². The molecule has 0 spiro atoms. The van der Waals surface area contributed by atoms with Gasteiger partial charge in [0.15, 0.2) is 0 Å². The molecule has 2 aliphatic rings. The molecule has 2 aromatic rings. The van der Waals surface area contributed by atoms with Gasteiger partial charge in [0, 0.05) is 24.2 Å². The SMILES string of the molecule is OCC1CCCN1Cc1cc(Cl)nc2c1ccn2C1COC1. The van der Waals surface area contributed by atoms with E-state index in [0.717, 1.165) is 50.2 Å². The van der Waals surface area contributed by atoms with Crippen molar-refractivity contribution in [1.29, 1.82) is 0 Å². The summed E-state index contributed by atoms with van der Waals surface area (Å²) < 4.78 is 7.46. The highest BCUT2D eigenvalue weighted by Gasteiger charge is 2.26. The Kier molecular flexibility index (Phi) is 3.82. The smallest absolute Gasteiger partial charge is 0.142 e. The molecule has 2 aliphatic heterocycles. The second-order valence-electron chi connectivity index (χ2n) is 6.20. The van der Waals surface area contributed by atoms with E-state index in [1.54, 1.807) is 0 Å². The van der Waals surface area contributed by atoms with Gasteiger partial charge in [-0.1, -0.05) is 11.6 Å². The standard InChI is InChI=1S/C16H20ClN3O2/c17-15-6-11(7-19-4-1-2-12(19)8-21)14-3-5-20(16(14)18-15)13-9-22-10-13/h3,5-6,12-13,21H,1-2,4,7-10H2. The first-order valence-electron chi connectivity index (χ1n) is 7.85. The van der Waals surface area contributed by atoms with Crippen LogP contribution in [0.1, 0.15) is 24.4 Å². The third-order valence-corrected chi connectivity index (χ3v) is 5.03. The van der Waals surface area contributed by atoms with E-state index >= 15 is 0 Å². The number of halogens is 1. The largest absolute Gasteiger partial charge is 0.395 e. The van der Waals surface area contributed by atoms with Crippen molar-refractivity contribution < 1.29 is 9.84 Å². The second kappa shape index (κ2) is 5.81. The maximum absolute atomic E-state index is 9.50. The lowest BCUT2D eigenvalue weighted by molar-refractivity contribution is -0.0216. The first-order chi connectivity index (χ1) is 10.8. The number of pyridine rings is 1. The van der Waals surface area contributed by atoms with Gasteiger partial charge in [0.05, 0.1) is 25.9 Å². The third-order valence-electron chi connectivity index (χ3n) is 4.84. The molecule has 6 heteroatoms. The normalized spacial score (nSPS) is 23.3. The Hall–Kier alpha value is -1.14. The molecule has 22 heavy (non-hydrogen) atoms. The van der Waals surface area contributed by atoms with Crippen molar-refractivity contribution in [2.75, 3.05) is 26.4 Å². The van der Waals surface area contributed by atoms with Gasteiger partial charge < -0.3 is 14.4 Å². The Morgan fingerprint density at radius 3 is 3.00 bits per heavy atom. The molecule has 0 radical (unpaired) electrons. The Morgan fingerprint density at radius 2 is 2.27 bits per heavy atom. The summed E-state index contributed by atoms with van der Waals surface area (Å²) in [7, 11) is 0. The van der Waals surface area contributed by atoms with Gasteiger partial charge in [0.25, 0.3) is 0 Å². The summed E-state index contributed by atoms with van der Waals surface area (Å²) >= 11 is 6.25. The highest BCUT2D eigenvalue weighted by molar-refractivity contribution is 6.29. The van der Waals surface area contributed by atoms with Gasteiger partial charge in [-0.05, 0) is 37.1 Å². The Labute approximate surface area is 134 Å². The van der Waals surface area contributed by atoms with Crippen molar-refractivity contribution in [3.05, 3.63) is 29.0 Å². The number of hydrogen-bond acceptors (Lipinski definition) is 4. The van der Waals surface area contributed by atoms with E-state index in [1.807, 2.05) is 6.07 Å². The highest BCUT2D eigenvalue weighted by Crippen LogP contribution is 2.29. The molecule has 0 bridgehead atoms. The summed E-state index contributed by atoms with van der Waals surface area (Å²) in [5.41, 5.74) is 2.13. The van der Waals surface area contributed by atoms with Gasteiger partial charge in [0.2, 0.25) is 0 Å². The Morgan fingerprint density at radius 1 is 1.41 bits per heavy atom. The number of aliphatic hydroxyl groups is 1. The number of nitrogens with zero attached hydrogens (tertiary/aromatic N) is 3. The third kappa shape index (κ3) is 2.42. The second-order valence-corrected chi connectivity index (χ2v) is 6.59. The number of likely N-dealkylation sites (tertiary alicyclic amines) is 1. The topological polar surface area (TPSA) is 50.5 Å². The lowest BCUT2D eigenvalue weighted by Crippen LogP contribution is -2.31. The van der Waals surface area contributed by atoms with Crippen molar-refractivity contribution in [2.24, 2.45) is 0 Å². The van der Waals surface area contributed by atoms with Crippen LogP contribution in [0.15, 0.2) is 18.3 Å². The summed E-state index contributed by atoms with van der Waals surface area (Å²) in [5, 5.41) is 11.2. The quantitative estimate of drug-likeness (QED) is 0.877. The van der Waals surface area contributed by atoms with Crippen molar-refractivity contribution in [1.82, 2.24) is 14.5 Å². The minimum atomic E-state index is 0.225. The molecule has 1 unspecified atom stereocenters. The number of aliphatic hydroxyl groups excluding tert-OH is 1. The van der Waals surface area contributed by atoms with E-state index in [-0.39, 0.29) is 12.6 Å². The van der Waals surface area contributed by atoms with Crippen molar-refractivity contribution >= 4 is 22.6 Å². The van der Waals surface area contributed by atoms with E-state index in [9.17, 15) is 5.11 Å². The summed E-state index contributed by atoms with van der Waals surface area (Å²) in [6.45, 7) is 3.55. The number of fused-ring (bicyclic) bond motifs is 1. The van der Waals surface area contributed by atoms with Crippen molar-refractivity contribution in [3.63, 3.8) is 0 Å². The molecule has 2 saturated heterocycles. The van der Waals surface area contributed by atoms with Gasteiger partial charge >= 0.3 is 0 Å². The molecule has 1 atom stereocenters. The molecule has 0 amide bonds. The van der Waals surface area contributed by atoms with E-state index in [1.165, 1.54) is 5.56 Å². The average Bonchev–Trinajstić information content (AvgIpc) is 3.04. The van der Waals surface area contributed by atoms with E-state index in [0.29, 0.717) is 11.2 Å². The fourth-order valence-electron chi connectivity index (χ4n) is 3.50. The number of rotatable bonds is 4. The molecule has 5 nitrogen and oxygen atoms in total. The Bertz CT molecular complexity index is 683. The fraction of sp³-hybridized carbons (Fsp3) is 0.562. The van der Waals surface area contributed by atoms with Gasteiger partial charge in [-0.3, -0.25) is 4.90 Å². The van der Waals surface area contributed by atoms with Crippen LogP contribution in [0.5, 0.6) is 0 Å². The van der Waals surface area contributed by atoms with Crippen LogP contribution in [-0.4, -0.2) is 52.0 Å². The van der Waals surface area contributed by atoms with E-state index in [4.69, 9.17) is 16.3 Å². The predicted octanol–water partition coefficient (Wildman–Crippen LogP) is 2.22. The summed E-state index contributed by atoms with van der Waals surface area (Å²) in [4.78, 5) is 6.86. The minimum Gasteiger partial charge on any atom is -0.395 e.